The summed E-state index contributed by atoms with van der Waals surface area (Å²) in [6.07, 6.45) is 4.40. The van der Waals surface area contributed by atoms with Crippen molar-refractivity contribution in [2.24, 2.45) is 28.7 Å². The molecule has 0 aromatic carbocycles. The summed E-state index contributed by atoms with van der Waals surface area (Å²) >= 11 is 0. The average molecular weight is 381 g/mol. The molecule has 0 aliphatic heterocycles. The van der Waals surface area contributed by atoms with Gasteiger partial charge in [-0.1, -0.05) is 12.8 Å². The van der Waals surface area contributed by atoms with Gasteiger partial charge in [-0.15, -0.1) is 0 Å². The molecule has 0 aliphatic rings. The Morgan fingerprint density at radius 2 is 1.00 bits per heavy atom. The molecule has 0 aromatic rings. The molecule has 0 fully saturated rings. The summed E-state index contributed by atoms with van der Waals surface area (Å²) in [6.45, 7) is 1.44. The first-order valence-corrected chi connectivity index (χ1v) is 8.42. The van der Waals surface area contributed by atoms with Crippen LogP contribution in [0.4, 0.5) is 0 Å². The molecular formula is C15H35N5O6. The average Bonchev–Trinajstić information content (AvgIpc) is 2.56. The lowest BCUT2D eigenvalue weighted by Crippen LogP contribution is -2.29. The Morgan fingerprint density at radius 3 is 1.15 bits per heavy atom. The molecule has 0 rings (SSSR count). The van der Waals surface area contributed by atoms with Gasteiger partial charge in [0.15, 0.2) is 0 Å². The molecule has 26 heavy (non-hydrogen) atoms. The summed E-state index contributed by atoms with van der Waals surface area (Å²) in [4.78, 5) is 29.8. The second-order valence-corrected chi connectivity index (χ2v) is 5.39. The number of hydrogen-bond donors (Lipinski definition) is 8. The number of unbranched alkanes of at least 4 members (excludes halogenated alkanes) is 2. The van der Waals surface area contributed by atoms with E-state index in [1.807, 2.05) is 0 Å². The normalized spacial score (nSPS) is 11.9. The van der Waals surface area contributed by atoms with Gasteiger partial charge in [0.25, 0.3) is 0 Å². The first kappa shape index (κ1) is 29.0. The maximum absolute atomic E-state index is 10.1. The Labute approximate surface area is 153 Å². The van der Waals surface area contributed by atoms with E-state index in [1.165, 1.54) is 0 Å². The van der Waals surface area contributed by atoms with Crippen molar-refractivity contribution < 1.29 is 29.7 Å². The van der Waals surface area contributed by atoms with Crippen LogP contribution in [0.25, 0.3) is 0 Å². The molecule has 156 valence electrons. The van der Waals surface area contributed by atoms with Crippen LogP contribution in [0.15, 0.2) is 0 Å². The number of nitrogens with two attached hydrogens (primary N) is 5. The van der Waals surface area contributed by atoms with Gasteiger partial charge in [-0.3, -0.25) is 14.4 Å². The van der Waals surface area contributed by atoms with Gasteiger partial charge in [0.05, 0.1) is 6.42 Å². The van der Waals surface area contributed by atoms with E-state index in [9.17, 15) is 14.4 Å². The van der Waals surface area contributed by atoms with Crippen LogP contribution in [-0.4, -0.2) is 64.9 Å². The summed E-state index contributed by atoms with van der Waals surface area (Å²) in [5.41, 5.74) is 25.7. The fraction of sp³-hybridized carbons (Fsp3) is 0.800. The fourth-order valence-corrected chi connectivity index (χ4v) is 1.39. The van der Waals surface area contributed by atoms with Gasteiger partial charge < -0.3 is 44.0 Å². The van der Waals surface area contributed by atoms with Gasteiger partial charge in [-0.05, 0) is 38.8 Å². The third-order valence-electron chi connectivity index (χ3n) is 2.93. The Kier molecular flexibility index (Phi) is 23.7. The highest BCUT2D eigenvalue weighted by atomic mass is 16.4. The molecule has 11 nitrogen and oxygen atoms in total. The summed E-state index contributed by atoms with van der Waals surface area (Å²) in [5, 5.41) is 24.5. The molecule has 11 heteroatoms. The van der Waals surface area contributed by atoms with E-state index in [-0.39, 0.29) is 13.0 Å². The van der Waals surface area contributed by atoms with Crippen molar-refractivity contribution in [2.75, 3.05) is 19.6 Å². The Bertz CT molecular complexity index is 344. The van der Waals surface area contributed by atoms with E-state index >= 15 is 0 Å². The van der Waals surface area contributed by atoms with E-state index in [2.05, 4.69) is 0 Å². The molecule has 0 aliphatic carbocycles. The standard InChI is InChI=1S/2C6H14N2O2.C3H7NO2/c2*7-4-2-1-3-5(8)6(9)10;4-2-1-3(5)6/h2*5H,1-4,7-8H2,(H,9,10);1-2,4H2,(H,5,6)/t2*5-;/m00./s1. The lowest BCUT2D eigenvalue weighted by molar-refractivity contribution is -0.139. The number of carbonyl (C=O) groups is 3. The molecule has 0 radical (unpaired) electrons. The molecule has 0 unspecified atom stereocenters. The van der Waals surface area contributed by atoms with Crippen LogP contribution in [0.3, 0.4) is 0 Å². The Hall–Kier alpha value is -1.79. The minimum absolute atomic E-state index is 0.0694. The van der Waals surface area contributed by atoms with Crippen LogP contribution in [-0.2, 0) is 14.4 Å². The van der Waals surface area contributed by atoms with E-state index < -0.39 is 30.0 Å². The highest BCUT2D eigenvalue weighted by Crippen LogP contribution is 1.97. The number of rotatable bonds is 12. The Balaban J connectivity index is -0.000000316. The second-order valence-electron chi connectivity index (χ2n) is 5.39. The van der Waals surface area contributed by atoms with E-state index in [0.29, 0.717) is 25.9 Å². The molecule has 2 atom stereocenters. The molecule has 0 bridgehead atoms. The van der Waals surface area contributed by atoms with Gasteiger partial charge in [-0.2, -0.15) is 0 Å². The van der Waals surface area contributed by atoms with Crippen molar-refractivity contribution in [3.05, 3.63) is 0 Å². The van der Waals surface area contributed by atoms with E-state index in [1.54, 1.807) is 0 Å². The molecular weight excluding hydrogens is 346 g/mol. The number of carboxylic acids is 3. The van der Waals surface area contributed by atoms with Gasteiger partial charge in [0.2, 0.25) is 0 Å². The SMILES string of the molecule is NCCC(=O)O.NCCCC[C@H](N)C(=O)O.NCCCC[C@H](N)C(=O)O. The number of hydrogen-bond acceptors (Lipinski definition) is 8. The minimum atomic E-state index is -0.933. The molecule has 0 spiro atoms. The largest absolute Gasteiger partial charge is 0.481 e. The number of carboxylic acid groups (broad SMARTS) is 3. The summed E-state index contributed by atoms with van der Waals surface area (Å²) in [7, 11) is 0. The molecule has 0 saturated heterocycles. The predicted molar refractivity (Wildman–Crippen MR) is 98.3 cm³/mol. The summed E-state index contributed by atoms with van der Waals surface area (Å²) in [5.74, 6) is -2.70. The lowest BCUT2D eigenvalue weighted by Gasteiger charge is -2.03. The number of aliphatic carboxylic acids is 3. The van der Waals surface area contributed by atoms with Gasteiger partial charge in [0, 0.05) is 6.54 Å². The fourth-order valence-electron chi connectivity index (χ4n) is 1.39. The first-order valence-electron chi connectivity index (χ1n) is 8.42. The molecule has 0 saturated carbocycles. The zero-order chi connectivity index (χ0) is 21.0. The molecule has 0 amide bonds. The molecule has 13 N–H and O–H groups in total. The first-order chi connectivity index (χ1) is 12.1. The third-order valence-corrected chi connectivity index (χ3v) is 2.93. The van der Waals surface area contributed by atoms with Crippen molar-refractivity contribution in [3.63, 3.8) is 0 Å². The highest BCUT2D eigenvalue weighted by molar-refractivity contribution is 5.73. The van der Waals surface area contributed by atoms with Crippen LogP contribution < -0.4 is 28.7 Å². The lowest BCUT2D eigenvalue weighted by atomic mass is 10.1. The second kappa shape index (κ2) is 21.3. The Morgan fingerprint density at radius 1 is 0.654 bits per heavy atom. The van der Waals surface area contributed by atoms with Crippen LogP contribution in [0, 0.1) is 0 Å². The predicted octanol–water partition coefficient (Wildman–Crippen LogP) is -1.53. The van der Waals surface area contributed by atoms with Crippen molar-refractivity contribution >= 4 is 17.9 Å². The van der Waals surface area contributed by atoms with Crippen LogP contribution in [0.1, 0.15) is 44.9 Å². The quantitative estimate of drug-likeness (QED) is 0.180. The van der Waals surface area contributed by atoms with Gasteiger partial charge >= 0.3 is 17.9 Å². The van der Waals surface area contributed by atoms with Crippen LogP contribution in [0.5, 0.6) is 0 Å². The van der Waals surface area contributed by atoms with Crippen molar-refractivity contribution in [2.45, 2.75) is 57.0 Å². The van der Waals surface area contributed by atoms with Crippen LogP contribution >= 0.6 is 0 Å². The van der Waals surface area contributed by atoms with Gasteiger partial charge in [0.1, 0.15) is 12.1 Å². The monoisotopic (exact) mass is 381 g/mol. The molecule has 0 aromatic heterocycles. The zero-order valence-electron chi connectivity index (χ0n) is 15.2. The maximum Gasteiger partial charge on any atom is 0.320 e. The van der Waals surface area contributed by atoms with Gasteiger partial charge in [-0.25, -0.2) is 0 Å². The van der Waals surface area contributed by atoms with Crippen molar-refractivity contribution in [1.29, 1.82) is 0 Å². The smallest absolute Gasteiger partial charge is 0.320 e. The summed E-state index contributed by atoms with van der Waals surface area (Å²) in [6, 6.07) is -1.43. The summed E-state index contributed by atoms with van der Waals surface area (Å²) < 4.78 is 0. The topological polar surface area (TPSA) is 242 Å². The minimum Gasteiger partial charge on any atom is -0.481 e. The maximum atomic E-state index is 10.1. The highest BCUT2D eigenvalue weighted by Gasteiger charge is 2.09. The van der Waals surface area contributed by atoms with E-state index in [4.69, 9.17) is 44.0 Å². The molecule has 0 heterocycles. The third kappa shape index (κ3) is 27.1. The van der Waals surface area contributed by atoms with E-state index in [0.717, 1.165) is 25.7 Å². The van der Waals surface area contributed by atoms with Crippen molar-refractivity contribution in [3.8, 4) is 0 Å². The van der Waals surface area contributed by atoms with Crippen molar-refractivity contribution in [1.82, 2.24) is 0 Å². The zero-order valence-corrected chi connectivity index (χ0v) is 15.2. The van der Waals surface area contributed by atoms with Crippen LogP contribution in [0.2, 0.25) is 0 Å².